The Morgan fingerprint density at radius 3 is 2.45 bits per heavy atom. The summed E-state index contributed by atoms with van der Waals surface area (Å²) in [6, 6.07) is 9.83. The lowest BCUT2D eigenvalue weighted by atomic mass is 9.86. The largest absolute Gasteiger partial charge is 0.438 e. The number of carbonyl (C=O) groups is 2. The van der Waals surface area contributed by atoms with Crippen LogP contribution in [0.5, 0.6) is 0 Å². The Morgan fingerprint density at radius 2 is 1.77 bits per heavy atom. The number of benzene rings is 1. The number of ether oxygens (including phenoxy) is 1. The molecule has 116 valence electrons. The number of hydrogen-bond donors (Lipinski definition) is 0. The van der Waals surface area contributed by atoms with Crippen LogP contribution in [-0.4, -0.2) is 29.5 Å². The zero-order valence-electron chi connectivity index (χ0n) is 12.9. The Bertz CT molecular complexity index is 620. The van der Waals surface area contributed by atoms with Crippen molar-refractivity contribution in [3.8, 4) is 0 Å². The quantitative estimate of drug-likeness (QED) is 0.592. The molecule has 0 N–H and O–H groups in total. The zero-order valence-corrected chi connectivity index (χ0v) is 12.9. The van der Waals surface area contributed by atoms with Gasteiger partial charge in [0.2, 0.25) is 5.91 Å². The van der Waals surface area contributed by atoms with Gasteiger partial charge in [-0.25, -0.2) is 0 Å². The minimum absolute atomic E-state index is 0.0305. The Kier molecular flexibility index (Phi) is 2.87. The normalized spacial score (nSPS) is 33.1. The van der Waals surface area contributed by atoms with Crippen molar-refractivity contribution in [2.24, 2.45) is 5.41 Å². The Hall–Kier alpha value is -1.84. The van der Waals surface area contributed by atoms with Gasteiger partial charge < -0.3 is 9.64 Å². The van der Waals surface area contributed by atoms with Crippen LogP contribution in [0.2, 0.25) is 0 Å². The van der Waals surface area contributed by atoms with E-state index in [2.05, 4.69) is 0 Å². The molecule has 2 aliphatic carbocycles. The first kappa shape index (κ1) is 13.8. The van der Waals surface area contributed by atoms with Crippen molar-refractivity contribution in [2.75, 3.05) is 7.05 Å². The molecule has 4 heteroatoms. The fourth-order valence-electron chi connectivity index (χ4n) is 4.26. The average Bonchev–Trinajstić information content (AvgIpc) is 3.31. The molecular weight excluding hydrogens is 278 g/mol. The number of carbonyl (C=O) groups excluding carboxylic acids is 2. The van der Waals surface area contributed by atoms with Crippen molar-refractivity contribution >= 4 is 11.9 Å². The molecule has 22 heavy (non-hydrogen) atoms. The van der Waals surface area contributed by atoms with Crippen LogP contribution in [0.1, 0.15) is 50.0 Å². The second-order valence-corrected chi connectivity index (χ2v) is 6.90. The van der Waals surface area contributed by atoms with E-state index < -0.39 is 11.1 Å². The third-order valence-electron chi connectivity index (χ3n) is 5.74. The molecule has 3 fully saturated rings. The lowest BCUT2D eigenvalue weighted by Gasteiger charge is -2.48. The van der Waals surface area contributed by atoms with Crippen LogP contribution in [0.25, 0.3) is 0 Å². The van der Waals surface area contributed by atoms with E-state index in [-0.39, 0.29) is 17.8 Å². The van der Waals surface area contributed by atoms with Gasteiger partial charge in [-0.05, 0) is 24.8 Å². The van der Waals surface area contributed by atoms with E-state index in [0.717, 1.165) is 37.7 Å². The van der Waals surface area contributed by atoms with E-state index in [4.69, 9.17) is 4.74 Å². The molecule has 0 unspecified atom stereocenters. The maximum atomic E-state index is 13.0. The third-order valence-corrected chi connectivity index (χ3v) is 5.74. The first-order chi connectivity index (χ1) is 10.6. The van der Waals surface area contributed by atoms with Gasteiger partial charge in [0, 0.05) is 25.8 Å². The van der Waals surface area contributed by atoms with Gasteiger partial charge in [-0.15, -0.1) is 0 Å². The predicted octanol–water partition coefficient (Wildman–Crippen LogP) is 2.84. The van der Waals surface area contributed by atoms with Crippen molar-refractivity contribution in [3.05, 3.63) is 35.9 Å². The van der Waals surface area contributed by atoms with Crippen molar-refractivity contribution in [2.45, 2.75) is 50.2 Å². The van der Waals surface area contributed by atoms with Gasteiger partial charge in [0.25, 0.3) is 0 Å². The Morgan fingerprint density at radius 1 is 1.09 bits per heavy atom. The zero-order chi connectivity index (χ0) is 15.4. The summed E-state index contributed by atoms with van der Waals surface area (Å²) in [5.74, 6) is -0.372. The second kappa shape index (κ2) is 4.58. The summed E-state index contributed by atoms with van der Waals surface area (Å²) >= 11 is 0. The van der Waals surface area contributed by atoms with Gasteiger partial charge >= 0.3 is 5.97 Å². The van der Waals surface area contributed by atoms with Crippen LogP contribution < -0.4 is 0 Å². The smallest absolute Gasteiger partial charge is 0.324 e. The van der Waals surface area contributed by atoms with Crippen LogP contribution >= 0.6 is 0 Å². The second-order valence-electron chi connectivity index (χ2n) is 6.90. The van der Waals surface area contributed by atoms with Crippen molar-refractivity contribution in [1.29, 1.82) is 0 Å². The number of esters is 1. The molecule has 2 atom stereocenters. The molecule has 1 aromatic carbocycles. The highest BCUT2D eigenvalue weighted by Gasteiger charge is 2.72. The minimum atomic E-state index is -0.960. The van der Waals surface area contributed by atoms with Gasteiger partial charge in [-0.3, -0.25) is 9.59 Å². The van der Waals surface area contributed by atoms with Crippen molar-refractivity contribution in [1.82, 2.24) is 4.90 Å². The third kappa shape index (κ3) is 1.70. The molecule has 0 bridgehead atoms. The standard InChI is InChI=1S/C18H21NO3/c1-19-15(20)18(12-14(18)13-8-4-2-5-9-13)16(21)22-17(19)10-6-3-7-11-17/h2,4-5,8-9,14H,3,6-7,10-12H2,1H3/t14-,18-/m1/s1. The molecule has 1 heterocycles. The van der Waals surface area contributed by atoms with E-state index in [1.807, 2.05) is 37.4 Å². The topological polar surface area (TPSA) is 46.6 Å². The molecule has 1 aliphatic heterocycles. The fourth-order valence-corrected chi connectivity index (χ4v) is 4.26. The average molecular weight is 299 g/mol. The summed E-state index contributed by atoms with van der Waals surface area (Å²) < 4.78 is 5.89. The fraction of sp³-hybridized carbons (Fsp3) is 0.556. The lowest BCUT2D eigenvalue weighted by molar-refractivity contribution is -0.218. The molecule has 4 nitrogen and oxygen atoms in total. The van der Waals surface area contributed by atoms with Crippen molar-refractivity contribution in [3.63, 3.8) is 0 Å². The Labute approximate surface area is 130 Å². The Balaban J connectivity index is 1.65. The number of amides is 1. The summed E-state index contributed by atoms with van der Waals surface area (Å²) in [6.45, 7) is 0. The van der Waals surface area contributed by atoms with Crippen LogP contribution in [0.15, 0.2) is 30.3 Å². The van der Waals surface area contributed by atoms with Crippen LogP contribution in [0.3, 0.4) is 0 Å². The van der Waals surface area contributed by atoms with E-state index >= 15 is 0 Å². The highest BCUT2D eigenvalue weighted by Crippen LogP contribution is 2.64. The van der Waals surface area contributed by atoms with Crippen LogP contribution in [0, 0.1) is 5.41 Å². The lowest BCUT2D eigenvalue weighted by Crippen LogP contribution is -2.62. The molecule has 3 aliphatic rings. The van der Waals surface area contributed by atoms with E-state index in [1.54, 1.807) is 4.90 Å². The first-order valence-corrected chi connectivity index (χ1v) is 8.17. The summed E-state index contributed by atoms with van der Waals surface area (Å²) in [5.41, 5.74) is -0.582. The maximum Gasteiger partial charge on any atom is 0.324 e. The first-order valence-electron chi connectivity index (χ1n) is 8.17. The summed E-state index contributed by atoms with van der Waals surface area (Å²) in [7, 11) is 1.81. The van der Waals surface area contributed by atoms with Gasteiger partial charge in [0.1, 0.15) is 0 Å². The minimum Gasteiger partial charge on any atom is -0.438 e. The molecule has 0 aromatic heterocycles. The number of rotatable bonds is 1. The molecule has 1 aromatic rings. The molecule has 2 spiro atoms. The summed E-state index contributed by atoms with van der Waals surface area (Å²) in [5, 5.41) is 0. The van der Waals surface area contributed by atoms with Crippen LogP contribution in [0.4, 0.5) is 0 Å². The monoisotopic (exact) mass is 299 g/mol. The number of hydrogen-bond acceptors (Lipinski definition) is 3. The maximum absolute atomic E-state index is 13.0. The molecule has 0 radical (unpaired) electrons. The molecule has 4 rings (SSSR count). The highest BCUT2D eigenvalue weighted by molar-refractivity contribution is 6.09. The SMILES string of the molecule is CN1C(=O)[C@]2(C[C@@H]2c2ccccc2)C(=O)OC12CCCCC2. The van der Waals surface area contributed by atoms with E-state index in [0.29, 0.717) is 6.42 Å². The van der Waals surface area contributed by atoms with Gasteiger partial charge in [0.15, 0.2) is 11.1 Å². The molecule has 1 saturated heterocycles. The summed E-state index contributed by atoms with van der Waals surface area (Å²) in [6.07, 6.45) is 5.30. The van der Waals surface area contributed by atoms with E-state index in [1.165, 1.54) is 0 Å². The molecule has 2 saturated carbocycles. The number of nitrogens with zero attached hydrogens (tertiary/aromatic N) is 1. The predicted molar refractivity (Wildman–Crippen MR) is 80.9 cm³/mol. The van der Waals surface area contributed by atoms with Crippen LogP contribution in [-0.2, 0) is 14.3 Å². The highest BCUT2D eigenvalue weighted by atomic mass is 16.6. The van der Waals surface area contributed by atoms with Gasteiger partial charge in [-0.1, -0.05) is 36.8 Å². The molecular formula is C18H21NO3. The van der Waals surface area contributed by atoms with Crippen molar-refractivity contribution < 1.29 is 14.3 Å². The molecule has 1 amide bonds. The van der Waals surface area contributed by atoms with Gasteiger partial charge in [0.05, 0.1) is 0 Å². The van der Waals surface area contributed by atoms with Gasteiger partial charge in [-0.2, -0.15) is 0 Å². The van der Waals surface area contributed by atoms with E-state index in [9.17, 15) is 9.59 Å². The summed E-state index contributed by atoms with van der Waals surface area (Å²) in [4.78, 5) is 27.5.